The van der Waals surface area contributed by atoms with Crippen molar-refractivity contribution >= 4 is 27.3 Å². The molecule has 0 aliphatic heterocycles. The summed E-state index contributed by atoms with van der Waals surface area (Å²) in [6.45, 7) is 2.32. The molecule has 1 fully saturated rings. The predicted molar refractivity (Wildman–Crippen MR) is 65.0 cm³/mol. The van der Waals surface area contributed by atoms with Gasteiger partial charge in [-0.3, -0.25) is 0 Å². The van der Waals surface area contributed by atoms with Crippen LogP contribution in [0.2, 0.25) is 0 Å². The SMILES string of the molecule is CC(NC1(CO)CCC1)c1ncc(Br)s1. The van der Waals surface area contributed by atoms with Crippen LogP contribution in [0.4, 0.5) is 0 Å². The van der Waals surface area contributed by atoms with Gasteiger partial charge in [0.1, 0.15) is 5.01 Å². The monoisotopic (exact) mass is 290 g/mol. The number of aliphatic hydroxyl groups is 1. The van der Waals surface area contributed by atoms with Crippen molar-refractivity contribution in [3.63, 3.8) is 0 Å². The van der Waals surface area contributed by atoms with Crippen LogP contribution in [-0.2, 0) is 0 Å². The van der Waals surface area contributed by atoms with Crippen LogP contribution in [0.5, 0.6) is 0 Å². The second-order valence-corrected chi connectivity index (χ2v) is 6.60. The highest BCUT2D eigenvalue weighted by atomic mass is 79.9. The number of aromatic nitrogens is 1. The van der Waals surface area contributed by atoms with Crippen LogP contribution in [0, 0.1) is 0 Å². The van der Waals surface area contributed by atoms with Crippen molar-refractivity contribution in [3.05, 3.63) is 15.0 Å². The summed E-state index contributed by atoms with van der Waals surface area (Å²) < 4.78 is 1.05. The fraction of sp³-hybridized carbons (Fsp3) is 0.700. The normalized spacial score (nSPS) is 21.0. The Morgan fingerprint density at radius 3 is 2.87 bits per heavy atom. The zero-order valence-electron chi connectivity index (χ0n) is 8.66. The van der Waals surface area contributed by atoms with Gasteiger partial charge >= 0.3 is 0 Å². The maximum atomic E-state index is 9.35. The lowest BCUT2D eigenvalue weighted by molar-refractivity contribution is 0.0787. The molecule has 0 radical (unpaired) electrons. The van der Waals surface area contributed by atoms with E-state index in [1.807, 2.05) is 6.20 Å². The lowest BCUT2D eigenvalue weighted by Gasteiger charge is -2.42. The first kappa shape index (κ1) is 11.5. The lowest BCUT2D eigenvalue weighted by Crippen LogP contribution is -2.54. The van der Waals surface area contributed by atoms with E-state index < -0.39 is 0 Å². The third-order valence-corrected chi connectivity index (χ3v) is 4.66. The number of rotatable bonds is 4. The van der Waals surface area contributed by atoms with Crippen molar-refractivity contribution in [2.45, 2.75) is 37.8 Å². The zero-order chi connectivity index (χ0) is 10.9. The van der Waals surface area contributed by atoms with Gasteiger partial charge < -0.3 is 10.4 Å². The molecule has 0 saturated heterocycles. The van der Waals surface area contributed by atoms with Gasteiger partial charge in [0, 0.05) is 5.54 Å². The molecule has 2 rings (SSSR count). The van der Waals surface area contributed by atoms with Crippen LogP contribution in [0.3, 0.4) is 0 Å². The summed E-state index contributed by atoms with van der Waals surface area (Å²) in [7, 11) is 0. The summed E-state index contributed by atoms with van der Waals surface area (Å²) in [5.74, 6) is 0. The fourth-order valence-electron chi connectivity index (χ4n) is 1.94. The van der Waals surface area contributed by atoms with Crippen LogP contribution in [0.25, 0.3) is 0 Å². The molecule has 1 atom stereocenters. The van der Waals surface area contributed by atoms with Gasteiger partial charge in [0.15, 0.2) is 0 Å². The van der Waals surface area contributed by atoms with Crippen molar-refractivity contribution in [2.75, 3.05) is 6.61 Å². The van der Waals surface area contributed by atoms with E-state index in [-0.39, 0.29) is 18.2 Å². The van der Waals surface area contributed by atoms with Crippen molar-refractivity contribution in [1.82, 2.24) is 10.3 Å². The Kier molecular flexibility index (Phi) is 3.45. The topological polar surface area (TPSA) is 45.1 Å². The number of hydrogen-bond donors (Lipinski definition) is 2. The molecule has 0 bridgehead atoms. The molecule has 2 N–H and O–H groups in total. The molecular formula is C10H15BrN2OS. The number of thiazole rings is 1. The van der Waals surface area contributed by atoms with Crippen LogP contribution >= 0.6 is 27.3 Å². The van der Waals surface area contributed by atoms with Gasteiger partial charge in [-0.2, -0.15) is 0 Å². The van der Waals surface area contributed by atoms with Crippen LogP contribution in [-0.4, -0.2) is 22.2 Å². The van der Waals surface area contributed by atoms with Crippen molar-refractivity contribution in [1.29, 1.82) is 0 Å². The lowest BCUT2D eigenvalue weighted by atomic mass is 9.77. The van der Waals surface area contributed by atoms with Gasteiger partial charge in [-0.15, -0.1) is 11.3 Å². The Balaban J connectivity index is 1.99. The first-order valence-corrected chi connectivity index (χ1v) is 6.76. The van der Waals surface area contributed by atoms with Gasteiger partial charge in [0.25, 0.3) is 0 Å². The number of aliphatic hydroxyl groups excluding tert-OH is 1. The van der Waals surface area contributed by atoms with E-state index in [0.29, 0.717) is 0 Å². The molecule has 15 heavy (non-hydrogen) atoms. The molecule has 0 spiro atoms. The average Bonchev–Trinajstić information content (AvgIpc) is 2.58. The summed E-state index contributed by atoms with van der Waals surface area (Å²) >= 11 is 5.05. The Hall–Kier alpha value is 0.0300. The van der Waals surface area contributed by atoms with Crippen molar-refractivity contribution < 1.29 is 5.11 Å². The molecule has 1 saturated carbocycles. The Bertz CT molecular complexity index is 332. The molecule has 1 aromatic heterocycles. The van der Waals surface area contributed by atoms with E-state index in [0.717, 1.165) is 21.6 Å². The molecule has 0 amide bonds. The summed E-state index contributed by atoms with van der Waals surface area (Å²) in [6.07, 6.45) is 5.17. The van der Waals surface area contributed by atoms with Gasteiger partial charge in [-0.25, -0.2) is 4.98 Å². The Labute approximate surface area is 102 Å². The molecule has 5 heteroatoms. The minimum absolute atomic E-state index is 0.0441. The standard InChI is InChI=1S/C10H15BrN2OS/c1-7(9-12-5-8(11)15-9)13-10(6-14)3-2-4-10/h5,7,13-14H,2-4,6H2,1H3. The van der Waals surface area contributed by atoms with Crippen molar-refractivity contribution in [2.24, 2.45) is 0 Å². The quantitative estimate of drug-likeness (QED) is 0.895. The van der Waals surface area contributed by atoms with Crippen molar-refractivity contribution in [3.8, 4) is 0 Å². The van der Waals surface area contributed by atoms with Gasteiger partial charge in [-0.1, -0.05) is 0 Å². The number of hydrogen-bond acceptors (Lipinski definition) is 4. The fourth-order valence-corrected chi connectivity index (χ4v) is 3.19. The average molecular weight is 291 g/mol. The highest BCUT2D eigenvalue weighted by Gasteiger charge is 2.37. The number of nitrogens with zero attached hydrogens (tertiary/aromatic N) is 1. The second-order valence-electron chi connectivity index (χ2n) is 4.16. The van der Waals surface area contributed by atoms with Crippen LogP contribution in [0.1, 0.15) is 37.2 Å². The third kappa shape index (κ3) is 2.41. The molecule has 1 aromatic rings. The maximum absolute atomic E-state index is 9.35. The first-order valence-electron chi connectivity index (χ1n) is 5.15. The molecule has 1 aliphatic rings. The van der Waals surface area contributed by atoms with E-state index >= 15 is 0 Å². The second kappa shape index (κ2) is 4.49. The minimum atomic E-state index is -0.0441. The maximum Gasteiger partial charge on any atom is 0.110 e. The van der Waals surface area contributed by atoms with E-state index in [1.54, 1.807) is 11.3 Å². The highest BCUT2D eigenvalue weighted by Crippen LogP contribution is 2.34. The number of nitrogens with one attached hydrogen (secondary N) is 1. The zero-order valence-corrected chi connectivity index (χ0v) is 11.1. The minimum Gasteiger partial charge on any atom is -0.394 e. The van der Waals surface area contributed by atoms with E-state index in [2.05, 4.69) is 33.2 Å². The molecule has 1 unspecified atom stereocenters. The van der Waals surface area contributed by atoms with Gasteiger partial charge in [0.05, 0.1) is 22.6 Å². The smallest absolute Gasteiger partial charge is 0.110 e. The molecule has 3 nitrogen and oxygen atoms in total. The van der Waals surface area contributed by atoms with E-state index in [4.69, 9.17) is 0 Å². The first-order chi connectivity index (χ1) is 7.15. The molecule has 1 heterocycles. The third-order valence-electron chi connectivity index (χ3n) is 3.00. The van der Waals surface area contributed by atoms with Crippen LogP contribution in [0.15, 0.2) is 9.98 Å². The van der Waals surface area contributed by atoms with E-state index in [9.17, 15) is 5.11 Å². The largest absolute Gasteiger partial charge is 0.394 e. The Morgan fingerprint density at radius 1 is 1.73 bits per heavy atom. The molecule has 0 aromatic carbocycles. The van der Waals surface area contributed by atoms with E-state index in [1.165, 1.54) is 6.42 Å². The molecular weight excluding hydrogens is 276 g/mol. The van der Waals surface area contributed by atoms with Gasteiger partial charge in [0.2, 0.25) is 0 Å². The summed E-state index contributed by atoms with van der Waals surface area (Å²) in [5.41, 5.74) is -0.0441. The summed E-state index contributed by atoms with van der Waals surface area (Å²) in [4.78, 5) is 4.32. The molecule has 1 aliphatic carbocycles. The molecule has 84 valence electrons. The van der Waals surface area contributed by atoms with Gasteiger partial charge in [-0.05, 0) is 42.1 Å². The van der Waals surface area contributed by atoms with Crippen LogP contribution < -0.4 is 5.32 Å². The summed E-state index contributed by atoms with van der Waals surface area (Å²) in [6, 6.07) is 0.216. The predicted octanol–water partition coefficient (Wildman–Crippen LogP) is 2.47. The number of halogens is 1. The highest BCUT2D eigenvalue weighted by molar-refractivity contribution is 9.11. The Morgan fingerprint density at radius 2 is 2.47 bits per heavy atom. The summed E-state index contributed by atoms with van der Waals surface area (Å²) in [5, 5.41) is 13.9.